The van der Waals surface area contributed by atoms with Crippen molar-refractivity contribution in [2.45, 2.75) is 20.3 Å². The average Bonchev–Trinajstić information content (AvgIpc) is 3.24. The molecule has 0 radical (unpaired) electrons. The van der Waals surface area contributed by atoms with Gasteiger partial charge in [-0.25, -0.2) is 9.78 Å². The Morgan fingerprint density at radius 2 is 2.11 bits per heavy atom. The van der Waals surface area contributed by atoms with Gasteiger partial charge >= 0.3 is 5.97 Å². The Bertz CT molecular complexity index is 911. The topological polar surface area (TPSA) is 97.8 Å². The first kappa shape index (κ1) is 19.8. The molecule has 1 N–H and O–H groups in total. The molecule has 0 unspecified atom stereocenters. The van der Waals surface area contributed by atoms with Gasteiger partial charge in [-0.15, -0.1) is 0 Å². The van der Waals surface area contributed by atoms with Gasteiger partial charge in [0.15, 0.2) is 5.13 Å². The molecule has 1 aromatic carbocycles. The highest BCUT2D eigenvalue weighted by atomic mass is 32.1. The van der Waals surface area contributed by atoms with E-state index in [-0.39, 0.29) is 31.4 Å². The molecular formula is C19H21N3O5S. The molecule has 28 heavy (non-hydrogen) atoms. The summed E-state index contributed by atoms with van der Waals surface area (Å²) in [4.78, 5) is 43.1. The van der Waals surface area contributed by atoms with Gasteiger partial charge in [-0.1, -0.05) is 23.5 Å². The van der Waals surface area contributed by atoms with Crippen LogP contribution in [0.15, 0.2) is 24.3 Å². The maximum atomic E-state index is 12.6. The molecule has 0 bridgehead atoms. The highest BCUT2D eigenvalue weighted by Gasteiger charge is 2.36. The number of aromatic nitrogens is 1. The molecule has 1 fully saturated rings. The lowest BCUT2D eigenvalue weighted by Crippen LogP contribution is -2.28. The highest BCUT2D eigenvalue weighted by molar-refractivity contribution is 7.17. The molecule has 0 aliphatic carbocycles. The fourth-order valence-corrected chi connectivity index (χ4v) is 3.88. The van der Waals surface area contributed by atoms with Gasteiger partial charge in [-0.2, -0.15) is 0 Å². The minimum atomic E-state index is -0.521. The zero-order chi connectivity index (χ0) is 20.3. The van der Waals surface area contributed by atoms with Gasteiger partial charge in [0.1, 0.15) is 10.6 Å². The maximum absolute atomic E-state index is 12.6. The van der Waals surface area contributed by atoms with E-state index in [1.54, 1.807) is 30.9 Å². The van der Waals surface area contributed by atoms with Crippen LogP contribution < -0.4 is 15.0 Å². The number of amides is 2. The van der Waals surface area contributed by atoms with Crippen LogP contribution in [0.1, 0.15) is 28.7 Å². The number of hydrogen-bond acceptors (Lipinski definition) is 7. The highest BCUT2D eigenvalue weighted by Crippen LogP contribution is 2.33. The molecule has 1 aromatic heterocycles. The molecule has 2 amide bonds. The molecule has 2 heterocycles. The van der Waals surface area contributed by atoms with Crippen LogP contribution in [0.2, 0.25) is 0 Å². The lowest BCUT2D eigenvalue weighted by molar-refractivity contribution is -0.122. The number of anilines is 2. The van der Waals surface area contributed by atoms with E-state index in [0.29, 0.717) is 27.1 Å². The fourth-order valence-electron chi connectivity index (χ4n) is 3.01. The van der Waals surface area contributed by atoms with E-state index in [1.807, 2.05) is 12.1 Å². The summed E-state index contributed by atoms with van der Waals surface area (Å²) in [6, 6.07) is 7.19. The third-order valence-electron chi connectivity index (χ3n) is 4.36. The van der Waals surface area contributed by atoms with Crippen molar-refractivity contribution in [3.8, 4) is 5.75 Å². The van der Waals surface area contributed by atoms with Crippen LogP contribution in [-0.4, -0.2) is 43.0 Å². The fraction of sp³-hybridized carbons (Fsp3) is 0.368. The van der Waals surface area contributed by atoms with Gasteiger partial charge in [0.25, 0.3) is 0 Å². The Morgan fingerprint density at radius 1 is 1.36 bits per heavy atom. The molecule has 8 nitrogen and oxygen atoms in total. The van der Waals surface area contributed by atoms with Crippen molar-refractivity contribution in [2.75, 3.05) is 30.5 Å². The first-order chi connectivity index (χ1) is 13.4. The molecular weight excluding hydrogens is 382 g/mol. The number of methoxy groups -OCH3 is 1. The molecule has 3 rings (SSSR count). The Hall–Kier alpha value is -2.94. The number of nitrogens with one attached hydrogen (secondary N) is 1. The van der Waals surface area contributed by atoms with Crippen LogP contribution >= 0.6 is 11.3 Å². The molecule has 1 aliphatic heterocycles. The Labute approximate surface area is 166 Å². The number of thiazole rings is 1. The van der Waals surface area contributed by atoms with E-state index >= 15 is 0 Å². The van der Waals surface area contributed by atoms with Gasteiger partial charge < -0.3 is 19.7 Å². The van der Waals surface area contributed by atoms with Gasteiger partial charge in [0, 0.05) is 13.0 Å². The van der Waals surface area contributed by atoms with Gasteiger partial charge in [0.05, 0.1) is 31.0 Å². The summed E-state index contributed by atoms with van der Waals surface area (Å²) in [5.41, 5.74) is 1.14. The molecule has 0 spiro atoms. The second kappa shape index (κ2) is 8.39. The number of aryl methyl sites for hydroxylation is 1. The van der Waals surface area contributed by atoms with Crippen molar-refractivity contribution < 1.29 is 23.9 Å². The van der Waals surface area contributed by atoms with Crippen LogP contribution in [-0.2, 0) is 14.3 Å². The molecule has 2 aromatic rings. The summed E-state index contributed by atoms with van der Waals surface area (Å²) in [5, 5.41) is 3.03. The quantitative estimate of drug-likeness (QED) is 0.745. The van der Waals surface area contributed by atoms with Crippen LogP contribution in [0.5, 0.6) is 5.75 Å². The van der Waals surface area contributed by atoms with E-state index in [1.165, 1.54) is 7.11 Å². The number of hydrogen-bond donors (Lipinski definition) is 1. The van der Waals surface area contributed by atoms with Gasteiger partial charge in [-0.05, 0) is 26.0 Å². The number of benzene rings is 1. The lowest BCUT2D eigenvalue weighted by atomic mass is 10.1. The summed E-state index contributed by atoms with van der Waals surface area (Å²) in [6.45, 7) is 3.92. The standard InChI is InChI=1S/C19H21N3O5S/c1-4-27-18(25)16-11(2)20-19(28-16)21-17(24)12-9-15(23)22(10-12)13-7-5-6-8-14(13)26-3/h5-8,12H,4,9-10H2,1-3H3,(H,20,21,24)/t12-/m1/s1. The number of carbonyl (C=O) groups is 3. The molecule has 9 heteroatoms. The SMILES string of the molecule is CCOC(=O)c1sc(NC(=O)[C@@H]2CC(=O)N(c3ccccc3OC)C2)nc1C. The van der Waals surface area contributed by atoms with Crippen molar-refractivity contribution >= 4 is 39.9 Å². The molecule has 0 saturated carbocycles. The average molecular weight is 403 g/mol. The van der Waals surface area contributed by atoms with Crippen molar-refractivity contribution in [1.82, 2.24) is 4.98 Å². The van der Waals surface area contributed by atoms with E-state index in [9.17, 15) is 14.4 Å². The van der Waals surface area contributed by atoms with Crippen molar-refractivity contribution in [1.29, 1.82) is 0 Å². The molecule has 148 valence electrons. The van der Waals surface area contributed by atoms with Crippen LogP contribution in [0.3, 0.4) is 0 Å². The van der Waals surface area contributed by atoms with E-state index in [2.05, 4.69) is 10.3 Å². The van der Waals surface area contributed by atoms with Crippen molar-refractivity contribution in [3.05, 3.63) is 34.8 Å². The summed E-state index contributed by atoms with van der Waals surface area (Å²) >= 11 is 1.06. The third kappa shape index (κ3) is 3.99. The van der Waals surface area contributed by atoms with E-state index in [0.717, 1.165) is 11.3 Å². The number of nitrogens with zero attached hydrogens (tertiary/aromatic N) is 2. The normalized spacial score (nSPS) is 16.2. The summed E-state index contributed by atoms with van der Waals surface area (Å²) in [6.07, 6.45) is 0.0962. The second-order valence-corrected chi connectivity index (χ2v) is 7.22. The predicted molar refractivity (Wildman–Crippen MR) is 105 cm³/mol. The number of carbonyl (C=O) groups excluding carboxylic acids is 3. The monoisotopic (exact) mass is 403 g/mol. The molecule has 1 saturated heterocycles. The van der Waals surface area contributed by atoms with Gasteiger partial charge in [0.2, 0.25) is 11.8 Å². The maximum Gasteiger partial charge on any atom is 0.350 e. The van der Waals surface area contributed by atoms with E-state index in [4.69, 9.17) is 9.47 Å². The lowest BCUT2D eigenvalue weighted by Gasteiger charge is -2.19. The Kier molecular flexibility index (Phi) is 5.93. The number of rotatable bonds is 6. The zero-order valence-electron chi connectivity index (χ0n) is 15.9. The zero-order valence-corrected chi connectivity index (χ0v) is 16.7. The first-order valence-corrected chi connectivity index (χ1v) is 9.65. The Morgan fingerprint density at radius 3 is 2.82 bits per heavy atom. The van der Waals surface area contributed by atoms with Crippen molar-refractivity contribution in [3.63, 3.8) is 0 Å². The summed E-state index contributed by atoms with van der Waals surface area (Å²) in [7, 11) is 1.54. The van der Waals surface area contributed by atoms with Crippen LogP contribution in [0.4, 0.5) is 10.8 Å². The summed E-state index contributed by atoms with van der Waals surface area (Å²) in [5.74, 6) is -0.863. The number of ether oxygens (including phenoxy) is 2. The Balaban J connectivity index is 1.70. The minimum Gasteiger partial charge on any atom is -0.495 e. The third-order valence-corrected chi connectivity index (χ3v) is 5.41. The number of para-hydroxylation sites is 2. The second-order valence-electron chi connectivity index (χ2n) is 6.22. The molecule has 1 aliphatic rings. The minimum absolute atomic E-state index is 0.0962. The van der Waals surface area contributed by atoms with Gasteiger partial charge in [-0.3, -0.25) is 9.59 Å². The van der Waals surface area contributed by atoms with E-state index < -0.39 is 11.9 Å². The smallest absolute Gasteiger partial charge is 0.350 e. The summed E-state index contributed by atoms with van der Waals surface area (Å²) < 4.78 is 10.3. The first-order valence-electron chi connectivity index (χ1n) is 8.83. The van der Waals surface area contributed by atoms with Crippen LogP contribution in [0.25, 0.3) is 0 Å². The predicted octanol–water partition coefficient (Wildman–Crippen LogP) is 2.63. The largest absolute Gasteiger partial charge is 0.495 e. The van der Waals surface area contributed by atoms with Crippen molar-refractivity contribution in [2.24, 2.45) is 5.92 Å². The molecule has 1 atom stereocenters. The number of esters is 1. The van der Waals surface area contributed by atoms with Crippen LogP contribution in [0, 0.1) is 12.8 Å².